The molecule has 0 unspecified atom stereocenters. The number of aromatic amines is 1. The number of likely N-dealkylation sites (tertiary alicyclic amines) is 1. The summed E-state index contributed by atoms with van der Waals surface area (Å²) in [6.45, 7) is 4.55. The van der Waals surface area contributed by atoms with Crippen LogP contribution in [0.3, 0.4) is 0 Å². The van der Waals surface area contributed by atoms with E-state index in [0.29, 0.717) is 35.8 Å². The van der Waals surface area contributed by atoms with Gasteiger partial charge in [-0.25, -0.2) is 4.98 Å². The van der Waals surface area contributed by atoms with E-state index >= 15 is 0 Å². The molecular formula is C29H26FN7O2. The van der Waals surface area contributed by atoms with E-state index in [1.807, 2.05) is 36.5 Å². The van der Waals surface area contributed by atoms with Crippen LogP contribution >= 0.6 is 0 Å². The van der Waals surface area contributed by atoms with Crippen LogP contribution in [0.1, 0.15) is 23.2 Å². The maximum atomic E-state index is 14.6. The average Bonchev–Trinajstić information content (AvgIpc) is 3.56. The van der Waals surface area contributed by atoms with E-state index < -0.39 is 5.95 Å². The Kier molecular flexibility index (Phi) is 6.28. The van der Waals surface area contributed by atoms with Gasteiger partial charge in [0.05, 0.1) is 6.20 Å². The summed E-state index contributed by atoms with van der Waals surface area (Å²) >= 11 is 0. The molecule has 3 aromatic heterocycles. The van der Waals surface area contributed by atoms with Crippen molar-refractivity contribution in [1.29, 1.82) is 0 Å². The number of nitrogens with one attached hydrogen (secondary N) is 3. The number of aromatic nitrogens is 4. The van der Waals surface area contributed by atoms with Gasteiger partial charge in [-0.1, -0.05) is 24.8 Å². The second kappa shape index (κ2) is 10.1. The van der Waals surface area contributed by atoms with E-state index in [4.69, 9.17) is 0 Å². The fourth-order valence-corrected chi connectivity index (χ4v) is 5.07. The zero-order chi connectivity index (χ0) is 26.9. The minimum absolute atomic E-state index is 0.0683. The lowest BCUT2D eigenvalue weighted by Crippen LogP contribution is -2.45. The van der Waals surface area contributed by atoms with Crippen molar-refractivity contribution in [3.63, 3.8) is 0 Å². The number of hydrogen-bond acceptors (Lipinski definition) is 5. The van der Waals surface area contributed by atoms with Gasteiger partial charge < -0.3 is 20.5 Å². The number of H-pyrrole nitrogens is 1. The fraction of sp³-hybridized carbons (Fsp3) is 0.172. The molecule has 39 heavy (non-hydrogen) atoms. The number of piperidine rings is 1. The van der Waals surface area contributed by atoms with Crippen molar-refractivity contribution < 1.29 is 14.0 Å². The molecule has 1 aliphatic rings. The number of benzene rings is 2. The van der Waals surface area contributed by atoms with E-state index in [1.165, 1.54) is 16.8 Å². The first-order valence-corrected chi connectivity index (χ1v) is 12.7. The second-order valence-corrected chi connectivity index (χ2v) is 9.51. The van der Waals surface area contributed by atoms with Gasteiger partial charge in [0, 0.05) is 58.6 Å². The molecule has 0 aliphatic carbocycles. The first-order valence-electron chi connectivity index (χ1n) is 12.7. The highest BCUT2D eigenvalue weighted by atomic mass is 19.1. The largest absolute Gasteiger partial charge is 0.364 e. The summed E-state index contributed by atoms with van der Waals surface area (Å²) in [5.74, 6) is -0.454. The third-order valence-corrected chi connectivity index (χ3v) is 6.95. The fourth-order valence-electron chi connectivity index (χ4n) is 5.07. The molecule has 3 N–H and O–H groups in total. The molecule has 2 amide bonds. The number of carbonyl (C=O) groups excluding carboxylic acids is 2. The molecule has 0 saturated carbocycles. The molecule has 1 aliphatic heterocycles. The van der Waals surface area contributed by atoms with E-state index in [-0.39, 0.29) is 17.9 Å². The second-order valence-electron chi connectivity index (χ2n) is 9.51. The molecule has 0 bridgehead atoms. The number of hydrogen-bond donors (Lipinski definition) is 3. The molecule has 4 heterocycles. The van der Waals surface area contributed by atoms with Crippen molar-refractivity contribution in [3.8, 4) is 11.1 Å². The molecule has 5 aromatic rings. The maximum absolute atomic E-state index is 14.6. The standard InChI is InChI=1S/C29H26FN7O2/c1-2-27(38)34-19-11-9-18(10-12-19)29(39)36-13-5-6-20(17-36)33-26-14-22(28-32-16-25(30)37(28)35-26)23-15-31-24-8-4-3-7-21(23)24/h2-4,7-12,14-16,20,31H,1,5-6,13,17H2,(H,33,35)(H,34,38)/t20-/m1/s1. The Hall–Kier alpha value is -4.99. The van der Waals surface area contributed by atoms with Crippen molar-refractivity contribution in [2.45, 2.75) is 18.9 Å². The number of nitrogens with zero attached hydrogens (tertiary/aromatic N) is 4. The van der Waals surface area contributed by atoms with Gasteiger partial charge >= 0.3 is 0 Å². The number of para-hydroxylation sites is 1. The van der Waals surface area contributed by atoms with Crippen LogP contribution in [-0.4, -0.2) is 55.4 Å². The van der Waals surface area contributed by atoms with Crippen molar-refractivity contribution in [1.82, 2.24) is 24.5 Å². The van der Waals surface area contributed by atoms with Gasteiger partial charge in [-0.2, -0.15) is 8.91 Å². The molecule has 1 fully saturated rings. The Labute approximate surface area is 223 Å². The number of halogens is 1. The van der Waals surface area contributed by atoms with Crippen molar-refractivity contribution in [2.75, 3.05) is 23.7 Å². The predicted octanol–water partition coefficient (Wildman–Crippen LogP) is 4.86. The zero-order valence-electron chi connectivity index (χ0n) is 21.0. The predicted molar refractivity (Wildman–Crippen MR) is 148 cm³/mol. The quantitative estimate of drug-likeness (QED) is 0.276. The van der Waals surface area contributed by atoms with E-state index in [1.54, 1.807) is 29.2 Å². The Morgan fingerprint density at radius 1 is 1.13 bits per heavy atom. The number of fused-ring (bicyclic) bond motifs is 2. The lowest BCUT2D eigenvalue weighted by molar-refractivity contribution is -0.111. The monoisotopic (exact) mass is 523 g/mol. The van der Waals surface area contributed by atoms with E-state index in [2.05, 4.69) is 32.3 Å². The molecule has 0 radical (unpaired) electrons. The third kappa shape index (κ3) is 4.72. The van der Waals surface area contributed by atoms with Crippen LogP contribution in [0.4, 0.5) is 15.9 Å². The smallest absolute Gasteiger partial charge is 0.253 e. The molecule has 9 nitrogen and oxygen atoms in total. The number of carbonyl (C=O) groups is 2. The van der Waals surface area contributed by atoms with Crippen LogP contribution in [0.2, 0.25) is 0 Å². The van der Waals surface area contributed by atoms with Crippen LogP contribution in [0, 0.1) is 5.95 Å². The first-order chi connectivity index (χ1) is 19.0. The van der Waals surface area contributed by atoms with Crippen molar-refractivity contribution >= 4 is 39.9 Å². The van der Waals surface area contributed by atoms with Gasteiger partial charge in [0.15, 0.2) is 5.65 Å². The summed E-state index contributed by atoms with van der Waals surface area (Å²) in [7, 11) is 0. The maximum Gasteiger partial charge on any atom is 0.253 e. The Balaban J connectivity index is 1.23. The Bertz CT molecular complexity index is 1710. The first kappa shape index (κ1) is 24.4. The highest BCUT2D eigenvalue weighted by Crippen LogP contribution is 2.33. The molecule has 196 valence electrons. The summed E-state index contributed by atoms with van der Waals surface area (Å²) in [6, 6.07) is 16.5. The number of imidazole rings is 1. The molecular weight excluding hydrogens is 497 g/mol. The summed E-state index contributed by atoms with van der Waals surface area (Å²) in [4.78, 5) is 34.1. The van der Waals surface area contributed by atoms with Crippen LogP contribution in [0.5, 0.6) is 0 Å². The SMILES string of the molecule is C=CC(=O)Nc1ccc(C(=O)N2CCC[C@@H](Nc3cc(-c4c[nH]c5ccccc45)c4ncc(F)n4n3)C2)cc1. The number of rotatable bonds is 6. The minimum Gasteiger partial charge on any atom is -0.364 e. The van der Waals surface area contributed by atoms with Crippen LogP contribution in [0.25, 0.3) is 27.7 Å². The average molecular weight is 524 g/mol. The number of amides is 2. The van der Waals surface area contributed by atoms with E-state index in [0.717, 1.165) is 34.9 Å². The Morgan fingerprint density at radius 3 is 2.77 bits per heavy atom. The van der Waals surface area contributed by atoms with E-state index in [9.17, 15) is 14.0 Å². The lowest BCUT2D eigenvalue weighted by Gasteiger charge is -2.33. The van der Waals surface area contributed by atoms with Gasteiger partial charge in [0.25, 0.3) is 5.91 Å². The van der Waals surface area contributed by atoms with Gasteiger partial charge in [0.1, 0.15) is 5.82 Å². The van der Waals surface area contributed by atoms with Gasteiger partial charge in [-0.05, 0) is 55.3 Å². The summed E-state index contributed by atoms with van der Waals surface area (Å²) in [5, 5.41) is 11.6. The molecule has 10 heteroatoms. The van der Waals surface area contributed by atoms with Crippen LogP contribution in [0.15, 0.2) is 79.6 Å². The molecule has 1 atom stereocenters. The van der Waals surface area contributed by atoms with Gasteiger partial charge in [0.2, 0.25) is 11.9 Å². The highest BCUT2D eigenvalue weighted by molar-refractivity contribution is 6.00. The minimum atomic E-state index is -0.553. The Morgan fingerprint density at radius 2 is 1.95 bits per heavy atom. The van der Waals surface area contributed by atoms with Crippen molar-refractivity contribution in [2.24, 2.45) is 0 Å². The lowest BCUT2D eigenvalue weighted by atomic mass is 10.0. The third-order valence-electron chi connectivity index (χ3n) is 6.95. The molecule has 6 rings (SSSR count). The summed E-state index contributed by atoms with van der Waals surface area (Å²) in [6.07, 6.45) is 5.90. The summed E-state index contributed by atoms with van der Waals surface area (Å²) < 4.78 is 15.8. The topological polar surface area (TPSA) is 107 Å². The highest BCUT2D eigenvalue weighted by Gasteiger charge is 2.26. The molecule has 1 saturated heterocycles. The number of anilines is 2. The zero-order valence-corrected chi connectivity index (χ0v) is 21.0. The van der Waals surface area contributed by atoms with Crippen LogP contribution in [-0.2, 0) is 4.79 Å². The van der Waals surface area contributed by atoms with Gasteiger partial charge in [-0.3, -0.25) is 9.59 Å². The van der Waals surface area contributed by atoms with Crippen molar-refractivity contribution in [3.05, 3.63) is 91.2 Å². The molecule has 2 aromatic carbocycles. The molecule has 0 spiro atoms. The van der Waals surface area contributed by atoms with Crippen LogP contribution < -0.4 is 10.6 Å². The normalized spacial score (nSPS) is 15.4. The van der Waals surface area contributed by atoms with Gasteiger partial charge in [-0.15, -0.1) is 5.10 Å². The summed E-state index contributed by atoms with van der Waals surface area (Å²) in [5.41, 5.74) is 4.18.